The van der Waals surface area contributed by atoms with E-state index in [-0.39, 0.29) is 12.3 Å². The van der Waals surface area contributed by atoms with Gasteiger partial charge in [0.25, 0.3) is 0 Å². The van der Waals surface area contributed by atoms with Crippen LogP contribution in [0.2, 0.25) is 0 Å². The summed E-state index contributed by atoms with van der Waals surface area (Å²) in [6.45, 7) is 2.68. The normalized spacial score (nSPS) is 13.7. The van der Waals surface area contributed by atoms with Gasteiger partial charge in [0.2, 0.25) is 5.91 Å². The number of amides is 1. The zero-order chi connectivity index (χ0) is 14.4. The van der Waals surface area contributed by atoms with E-state index in [9.17, 15) is 9.90 Å². The van der Waals surface area contributed by atoms with Crippen LogP contribution in [-0.2, 0) is 4.79 Å². The molecule has 2 rings (SSSR count). The van der Waals surface area contributed by atoms with Crippen LogP contribution in [0.15, 0.2) is 47.8 Å². The zero-order valence-corrected chi connectivity index (χ0v) is 12.3. The molecular formula is C16H19NO2S. The number of carbonyl (C=O) groups excluding carboxylic acids is 1. The Morgan fingerprint density at radius 3 is 2.65 bits per heavy atom. The second-order valence-corrected chi connectivity index (χ2v) is 5.83. The van der Waals surface area contributed by atoms with Gasteiger partial charge in [0.05, 0.1) is 12.5 Å². The molecule has 0 bridgehead atoms. The molecule has 1 amide bonds. The Hall–Kier alpha value is -1.65. The molecular weight excluding hydrogens is 270 g/mol. The molecule has 1 aromatic carbocycles. The number of aliphatic hydroxyl groups excluding tert-OH is 1. The van der Waals surface area contributed by atoms with E-state index in [1.54, 1.807) is 11.3 Å². The maximum absolute atomic E-state index is 11.8. The molecule has 2 unspecified atom stereocenters. The lowest BCUT2D eigenvalue weighted by Crippen LogP contribution is -2.28. The Labute approximate surface area is 123 Å². The van der Waals surface area contributed by atoms with E-state index in [0.717, 1.165) is 5.56 Å². The molecule has 0 saturated carbocycles. The minimum atomic E-state index is -0.742. The zero-order valence-electron chi connectivity index (χ0n) is 11.5. The molecule has 2 atom stereocenters. The quantitative estimate of drug-likeness (QED) is 0.858. The number of benzene rings is 1. The van der Waals surface area contributed by atoms with Gasteiger partial charge in [-0.3, -0.25) is 4.79 Å². The minimum absolute atomic E-state index is 0.0984. The van der Waals surface area contributed by atoms with Crippen molar-refractivity contribution in [2.24, 2.45) is 0 Å². The van der Waals surface area contributed by atoms with E-state index >= 15 is 0 Å². The summed E-state index contributed by atoms with van der Waals surface area (Å²) in [5, 5.41) is 14.9. The number of thiophene rings is 1. The van der Waals surface area contributed by atoms with Crippen LogP contribution < -0.4 is 5.32 Å². The van der Waals surface area contributed by atoms with Gasteiger partial charge < -0.3 is 10.4 Å². The van der Waals surface area contributed by atoms with Crippen LogP contribution in [0, 0.1) is 0 Å². The van der Waals surface area contributed by atoms with Crippen molar-refractivity contribution in [2.75, 3.05) is 6.54 Å². The van der Waals surface area contributed by atoms with Crippen molar-refractivity contribution in [3.05, 3.63) is 58.3 Å². The van der Waals surface area contributed by atoms with E-state index in [1.165, 1.54) is 4.88 Å². The lowest BCUT2D eigenvalue weighted by atomic mass is 10.1. The second-order valence-electron chi connectivity index (χ2n) is 4.85. The summed E-state index contributed by atoms with van der Waals surface area (Å²) in [5.74, 6) is 0.178. The molecule has 3 nitrogen and oxygen atoms in total. The highest BCUT2D eigenvalue weighted by Gasteiger charge is 2.14. The molecule has 0 radical (unpaired) electrons. The van der Waals surface area contributed by atoms with E-state index in [4.69, 9.17) is 0 Å². The standard InChI is InChI=1S/C16H19NO2S/c1-12(15-8-5-9-20-15)11-17-16(19)10-14(18)13-6-3-2-4-7-13/h2-9,12,14,18H,10-11H2,1H3,(H,17,19). The highest BCUT2D eigenvalue weighted by Crippen LogP contribution is 2.20. The smallest absolute Gasteiger partial charge is 0.222 e. The largest absolute Gasteiger partial charge is 0.388 e. The molecule has 0 aliphatic carbocycles. The lowest BCUT2D eigenvalue weighted by molar-refractivity contribution is -0.123. The Kier molecular flexibility index (Phi) is 5.32. The van der Waals surface area contributed by atoms with Crippen LogP contribution in [0.4, 0.5) is 0 Å². The highest BCUT2D eigenvalue weighted by atomic mass is 32.1. The SMILES string of the molecule is CC(CNC(=O)CC(O)c1ccccc1)c1cccs1. The van der Waals surface area contributed by atoms with Crippen LogP contribution >= 0.6 is 11.3 Å². The number of rotatable bonds is 6. The van der Waals surface area contributed by atoms with Crippen LogP contribution in [0.3, 0.4) is 0 Å². The molecule has 106 valence electrons. The number of nitrogens with one attached hydrogen (secondary N) is 1. The predicted octanol–water partition coefficient (Wildman–Crippen LogP) is 3.09. The molecule has 2 N–H and O–H groups in total. The van der Waals surface area contributed by atoms with Gasteiger partial charge in [-0.25, -0.2) is 0 Å². The first-order valence-corrected chi connectivity index (χ1v) is 7.58. The summed E-state index contributed by atoms with van der Waals surface area (Å²) in [4.78, 5) is 13.1. The van der Waals surface area contributed by atoms with Gasteiger partial charge >= 0.3 is 0 Å². The van der Waals surface area contributed by atoms with Gasteiger partial charge in [-0.05, 0) is 17.0 Å². The van der Waals surface area contributed by atoms with Crippen molar-refractivity contribution in [3.63, 3.8) is 0 Å². The monoisotopic (exact) mass is 289 g/mol. The highest BCUT2D eigenvalue weighted by molar-refractivity contribution is 7.10. The first kappa shape index (κ1) is 14.8. The molecule has 20 heavy (non-hydrogen) atoms. The molecule has 0 saturated heterocycles. The summed E-state index contributed by atoms with van der Waals surface area (Å²) < 4.78 is 0. The van der Waals surface area contributed by atoms with Gasteiger partial charge in [-0.1, -0.05) is 43.3 Å². The second kappa shape index (κ2) is 7.22. The molecule has 4 heteroatoms. The molecule has 2 aromatic rings. The van der Waals surface area contributed by atoms with Crippen LogP contribution in [0.1, 0.15) is 35.8 Å². The summed E-state index contributed by atoms with van der Waals surface area (Å²) in [6.07, 6.45) is -0.644. The van der Waals surface area contributed by atoms with Crippen LogP contribution in [0.5, 0.6) is 0 Å². The lowest BCUT2D eigenvalue weighted by Gasteiger charge is -2.13. The van der Waals surface area contributed by atoms with E-state index in [2.05, 4.69) is 18.3 Å². The predicted molar refractivity (Wildman–Crippen MR) is 81.8 cm³/mol. The fraction of sp³-hybridized carbons (Fsp3) is 0.312. The molecule has 1 aromatic heterocycles. The minimum Gasteiger partial charge on any atom is -0.388 e. The fourth-order valence-electron chi connectivity index (χ4n) is 1.98. The number of aliphatic hydroxyl groups is 1. The van der Waals surface area contributed by atoms with Gasteiger partial charge in [0, 0.05) is 17.3 Å². The van der Waals surface area contributed by atoms with Crippen molar-refractivity contribution in [3.8, 4) is 0 Å². The number of hydrogen-bond acceptors (Lipinski definition) is 3. The third-order valence-corrected chi connectivity index (χ3v) is 4.30. The van der Waals surface area contributed by atoms with Crippen molar-refractivity contribution in [1.29, 1.82) is 0 Å². The third kappa shape index (κ3) is 4.18. The Balaban J connectivity index is 1.78. The van der Waals surface area contributed by atoms with Crippen LogP contribution in [-0.4, -0.2) is 17.6 Å². The maximum atomic E-state index is 11.8. The van der Waals surface area contributed by atoms with Gasteiger partial charge in [0.1, 0.15) is 0 Å². The Bertz CT molecular complexity index is 525. The number of hydrogen-bond donors (Lipinski definition) is 2. The molecule has 0 aliphatic rings. The van der Waals surface area contributed by atoms with Crippen molar-refractivity contribution < 1.29 is 9.90 Å². The van der Waals surface area contributed by atoms with Gasteiger partial charge in [-0.2, -0.15) is 0 Å². The average molecular weight is 289 g/mol. The fourth-order valence-corrected chi connectivity index (χ4v) is 2.77. The van der Waals surface area contributed by atoms with E-state index in [0.29, 0.717) is 12.5 Å². The summed E-state index contributed by atoms with van der Waals surface area (Å²) in [5.41, 5.74) is 0.772. The molecule has 0 spiro atoms. The van der Waals surface area contributed by atoms with Gasteiger partial charge in [0.15, 0.2) is 0 Å². The van der Waals surface area contributed by atoms with Crippen LogP contribution in [0.25, 0.3) is 0 Å². The van der Waals surface area contributed by atoms with Gasteiger partial charge in [-0.15, -0.1) is 11.3 Å². The molecule has 0 aliphatic heterocycles. The molecule has 0 fully saturated rings. The summed E-state index contributed by atoms with van der Waals surface area (Å²) >= 11 is 1.69. The van der Waals surface area contributed by atoms with Crippen molar-refractivity contribution in [1.82, 2.24) is 5.32 Å². The average Bonchev–Trinajstić information content (AvgIpc) is 3.00. The first-order valence-electron chi connectivity index (χ1n) is 6.70. The topological polar surface area (TPSA) is 49.3 Å². The van der Waals surface area contributed by atoms with Crippen molar-refractivity contribution in [2.45, 2.75) is 25.4 Å². The Morgan fingerprint density at radius 2 is 2.00 bits per heavy atom. The molecule has 1 heterocycles. The third-order valence-electron chi connectivity index (χ3n) is 3.20. The number of carbonyl (C=O) groups is 1. The van der Waals surface area contributed by atoms with Crippen molar-refractivity contribution >= 4 is 17.2 Å². The maximum Gasteiger partial charge on any atom is 0.222 e. The van der Waals surface area contributed by atoms with E-state index in [1.807, 2.05) is 41.8 Å². The summed E-state index contributed by atoms with van der Waals surface area (Å²) in [6, 6.07) is 13.3. The summed E-state index contributed by atoms with van der Waals surface area (Å²) in [7, 11) is 0. The Morgan fingerprint density at radius 1 is 1.25 bits per heavy atom. The van der Waals surface area contributed by atoms with E-state index < -0.39 is 6.10 Å². The first-order chi connectivity index (χ1) is 9.66.